The Labute approximate surface area is 115 Å². The Morgan fingerprint density at radius 3 is 2.74 bits per heavy atom. The van der Waals surface area contributed by atoms with Crippen molar-refractivity contribution < 1.29 is 0 Å². The van der Waals surface area contributed by atoms with E-state index in [4.69, 9.17) is 0 Å². The molecule has 2 fully saturated rings. The van der Waals surface area contributed by atoms with Gasteiger partial charge in [-0.25, -0.2) is 9.97 Å². The summed E-state index contributed by atoms with van der Waals surface area (Å²) in [5.41, 5.74) is 0. The third kappa shape index (κ3) is 2.73. The molecule has 0 saturated carbocycles. The molecule has 2 unspecified atom stereocenters. The van der Waals surface area contributed by atoms with Crippen molar-refractivity contribution in [2.75, 3.05) is 31.1 Å². The van der Waals surface area contributed by atoms with Gasteiger partial charge in [0.2, 0.25) is 5.95 Å². The minimum Gasteiger partial charge on any atom is -0.340 e. The first kappa shape index (κ1) is 12.9. The zero-order valence-electron chi connectivity index (χ0n) is 12.0. The first-order valence-electron chi connectivity index (χ1n) is 7.50. The van der Waals surface area contributed by atoms with E-state index in [-0.39, 0.29) is 0 Å². The van der Waals surface area contributed by atoms with Crippen LogP contribution in [0.2, 0.25) is 0 Å². The summed E-state index contributed by atoms with van der Waals surface area (Å²) in [7, 11) is 0. The van der Waals surface area contributed by atoms with Crippen molar-refractivity contribution >= 4 is 5.95 Å². The van der Waals surface area contributed by atoms with Crippen LogP contribution in [0.15, 0.2) is 18.5 Å². The zero-order chi connectivity index (χ0) is 13.2. The van der Waals surface area contributed by atoms with E-state index >= 15 is 0 Å². The largest absolute Gasteiger partial charge is 0.340 e. The normalized spacial score (nSPS) is 27.2. The van der Waals surface area contributed by atoms with Gasteiger partial charge in [-0.15, -0.1) is 0 Å². The molecule has 104 valence electrons. The van der Waals surface area contributed by atoms with Crippen LogP contribution in [0.25, 0.3) is 0 Å². The Morgan fingerprint density at radius 2 is 2.05 bits per heavy atom. The van der Waals surface area contributed by atoms with Gasteiger partial charge in [-0.3, -0.25) is 4.90 Å². The summed E-state index contributed by atoms with van der Waals surface area (Å²) in [6, 6.07) is 2.70. The Hall–Kier alpha value is -1.16. The molecule has 4 nitrogen and oxygen atoms in total. The van der Waals surface area contributed by atoms with Crippen molar-refractivity contribution in [2.24, 2.45) is 11.8 Å². The van der Waals surface area contributed by atoms with Gasteiger partial charge in [-0.1, -0.05) is 13.8 Å². The van der Waals surface area contributed by atoms with Crippen molar-refractivity contribution in [2.45, 2.75) is 32.7 Å². The van der Waals surface area contributed by atoms with Crippen molar-refractivity contribution in [3.05, 3.63) is 18.5 Å². The summed E-state index contributed by atoms with van der Waals surface area (Å²) >= 11 is 0. The Morgan fingerprint density at radius 1 is 1.26 bits per heavy atom. The Kier molecular flexibility index (Phi) is 3.69. The lowest BCUT2D eigenvalue weighted by molar-refractivity contribution is -0.00104. The van der Waals surface area contributed by atoms with Crippen LogP contribution in [0.1, 0.15) is 26.7 Å². The van der Waals surface area contributed by atoms with Crippen LogP contribution in [0.5, 0.6) is 0 Å². The lowest BCUT2D eigenvalue weighted by atomic mass is 9.82. The molecule has 0 aliphatic carbocycles. The maximum Gasteiger partial charge on any atom is 0.225 e. The molecule has 19 heavy (non-hydrogen) atoms. The fourth-order valence-corrected chi connectivity index (χ4v) is 3.30. The van der Waals surface area contributed by atoms with Gasteiger partial charge in [0.1, 0.15) is 0 Å². The fourth-order valence-electron chi connectivity index (χ4n) is 3.30. The summed E-state index contributed by atoms with van der Waals surface area (Å²) in [5, 5.41) is 0. The van der Waals surface area contributed by atoms with Crippen LogP contribution in [-0.4, -0.2) is 47.1 Å². The molecule has 0 spiro atoms. The van der Waals surface area contributed by atoms with Crippen molar-refractivity contribution in [3.8, 4) is 0 Å². The van der Waals surface area contributed by atoms with Crippen LogP contribution < -0.4 is 4.90 Å². The Balaban J connectivity index is 1.52. The number of fused-ring (bicyclic) bond motifs is 1. The summed E-state index contributed by atoms with van der Waals surface area (Å²) < 4.78 is 0. The third-order valence-corrected chi connectivity index (χ3v) is 4.46. The third-order valence-electron chi connectivity index (χ3n) is 4.46. The van der Waals surface area contributed by atoms with Gasteiger partial charge in [0.25, 0.3) is 0 Å². The molecule has 2 saturated heterocycles. The number of nitrogens with zero attached hydrogens (tertiary/aromatic N) is 4. The number of likely N-dealkylation sites (tertiary alicyclic amines) is 1. The monoisotopic (exact) mass is 260 g/mol. The van der Waals surface area contributed by atoms with E-state index < -0.39 is 0 Å². The summed E-state index contributed by atoms with van der Waals surface area (Å²) in [4.78, 5) is 13.8. The van der Waals surface area contributed by atoms with Crippen LogP contribution in [0.4, 0.5) is 5.95 Å². The predicted octanol–water partition coefficient (Wildman–Crippen LogP) is 2.03. The minimum absolute atomic E-state index is 0.817. The molecular formula is C15H24N4. The lowest BCUT2D eigenvalue weighted by Crippen LogP contribution is -2.63. The minimum atomic E-state index is 0.817. The molecule has 4 heteroatoms. The molecule has 0 amide bonds. The second-order valence-corrected chi connectivity index (χ2v) is 6.29. The van der Waals surface area contributed by atoms with Crippen LogP contribution >= 0.6 is 0 Å². The molecular weight excluding hydrogens is 236 g/mol. The second-order valence-electron chi connectivity index (χ2n) is 6.29. The Bertz CT molecular complexity index is 406. The molecule has 3 rings (SSSR count). The molecule has 2 atom stereocenters. The molecule has 2 aliphatic heterocycles. The molecule has 0 aromatic carbocycles. The van der Waals surface area contributed by atoms with E-state index in [1.165, 1.54) is 25.9 Å². The number of hydrogen-bond acceptors (Lipinski definition) is 4. The first-order valence-corrected chi connectivity index (χ1v) is 7.50. The average molecular weight is 260 g/mol. The number of aromatic nitrogens is 2. The van der Waals surface area contributed by atoms with Gasteiger partial charge in [0.15, 0.2) is 0 Å². The highest BCUT2D eigenvalue weighted by atomic mass is 15.3. The molecule has 0 N–H and O–H groups in total. The molecule has 0 radical (unpaired) electrons. The van der Waals surface area contributed by atoms with Crippen molar-refractivity contribution in [1.29, 1.82) is 0 Å². The standard InChI is InChI=1S/C15H24N4/c1-12(2)4-8-18-10-13-11-19(9-5-14(13)18)15-16-6-3-7-17-15/h3,6-7,12-14H,4-5,8-11H2,1-2H3. The molecule has 1 aromatic heterocycles. The quantitative estimate of drug-likeness (QED) is 0.829. The molecule has 2 aliphatic rings. The lowest BCUT2D eigenvalue weighted by Gasteiger charge is -2.53. The van der Waals surface area contributed by atoms with Crippen molar-refractivity contribution in [3.63, 3.8) is 0 Å². The highest BCUT2D eigenvalue weighted by Crippen LogP contribution is 2.33. The molecule has 3 heterocycles. The fraction of sp³-hybridized carbons (Fsp3) is 0.733. The SMILES string of the molecule is CC(C)CCN1CC2CN(c3ncccn3)CCC21. The smallest absolute Gasteiger partial charge is 0.225 e. The van der Waals surface area contributed by atoms with Gasteiger partial charge >= 0.3 is 0 Å². The maximum atomic E-state index is 4.37. The van der Waals surface area contributed by atoms with E-state index in [2.05, 4.69) is 33.6 Å². The first-order chi connectivity index (χ1) is 9.24. The van der Waals surface area contributed by atoms with E-state index in [1.807, 2.05) is 18.5 Å². The summed E-state index contributed by atoms with van der Waals surface area (Å²) in [6.45, 7) is 9.40. The van der Waals surface area contributed by atoms with Crippen LogP contribution in [0.3, 0.4) is 0 Å². The average Bonchev–Trinajstić information content (AvgIpc) is 2.40. The van der Waals surface area contributed by atoms with Crippen LogP contribution in [-0.2, 0) is 0 Å². The van der Waals surface area contributed by atoms with Gasteiger partial charge < -0.3 is 4.90 Å². The maximum absolute atomic E-state index is 4.37. The van der Waals surface area contributed by atoms with Gasteiger partial charge in [-0.2, -0.15) is 0 Å². The molecule has 1 aromatic rings. The number of hydrogen-bond donors (Lipinski definition) is 0. The van der Waals surface area contributed by atoms with Crippen LogP contribution in [0, 0.1) is 11.8 Å². The van der Waals surface area contributed by atoms with Gasteiger partial charge in [0.05, 0.1) is 0 Å². The predicted molar refractivity (Wildman–Crippen MR) is 77.2 cm³/mol. The van der Waals surface area contributed by atoms with E-state index in [9.17, 15) is 0 Å². The second kappa shape index (κ2) is 5.45. The number of piperidine rings is 1. The van der Waals surface area contributed by atoms with Gasteiger partial charge in [0, 0.05) is 44.0 Å². The number of anilines is 1. The summed E-state index contributed by atoms with van der Waals surface area (Å²) in [5.74, 6) is 2.54. The number of rotatable bonds is 4. The summed E-state index contributed by atoms with van der Waals surface area (Å²) in [6.07, 6.45) is 6.27. The zero-order valence-corrected chi connectivity index (χ0v) is 12.0. The van der Waals surface area contributed by atoms with E-state index in [0.717, 1.165) is 36.9 Å². The highest BCUT2D eigenvalue weighted by Gasteiger charge is 2.42. The van der Waals surface area contributed by atoms with Gasteiger partial charge in [-0.05, 0) is 31.4 Å². The highest BCUT2D eigenvalue weighted by molar-refractivity contribution is 5.30. The van der Waals surface area contributed by atoms with E-state index in [0.29, 0.717) is 0 Å². The van der Waals surface area contributed by atoms with Crippen molar-refractivity contribution in [1.82, 2.24) is 14.9 Å². The topological polar surface area (TPSA) is 32.3 Å². The van der Waals surface area contributed by atoms with E-state index in [1.54, 1.807) is 0 Å². The molecule has 0 bridgehead atoms.